The van der Waals surface area contributed by atoms with Crippen LogP contribution in [0.1, 0.15) is 12.0 Å². The lowest BCUT2D eigenvalue weighted by Crippen LogP contribution is -2.49. The zero-order chi connectivity index (χ0) is 21.9. The van der Waals surface area contributed by atoms with E-state index in [1.165, 1.54) is 5.69 Å². The van der Waals surface area contributed by atoms with Crippen molar-refractivity contribution in [2.24, 2.45) is 4.99 Å². The third kappa shape index (κ3) is 7.58. The van der Waals surface area contributed by atoms with Crippen LogP contribution in [0.15, 0.2) is 59.6 Å². The Labute approximate surface area is 208 Å². The minimum Gasteiger partial charge on any atom is -0.496 e. The average molecular weight is 551 g/mol. The lowest BCUT2D eigenvalue weighted by molar-refractivity contribution is -0.131. The maximum Gasteiger partial charge on any atom is 0.224 e. The van der Waals surface area contributed by atoms with Gasteiger partial charge in [0.1, 0.15) is 5.75 Å². The monoisotopic (exact) mass is 551 g/mol. The molecule has 3 rings (SSSR count). The van der Waals surface area contributed by atoms with E-state index in [-0.39, 0.29) is 29.9 Å². The molecule has 1 heterocycles. The summed E-state index contributed by atoms with van der Waals surface area (Å²) < 4.78 is 5.39. The Kier molecular flexibility index (Phi) is 11.1. The number of carbonyl (C=O) groups is 1. The maximum atomic E-state index is 12.6. The molecule has 174 valence electrons. The zero-order valence-electron chi connectivity index (χ0n) is 18.9. The number of amides is 1. The molecule has 1 aliphatic heterocycles. The molecular weight excluding hydrogens is 517 g/mol. The van der Waals surface area contributed by atoms with E-state index in [0.29, 0.717) is 18.9 Å². The van der Waals surface area contributed by atoms with Gasteiger partial charge in [-0.25, -0.2) is 0 Å². The Morgan fingerprint density at radius 1 is 0.969 bits per heavy atom. The van der Waals surface area contributed by atoms with E-state index in [0.717, 1.165) is 50.5 Å². The SMILES string of the molecule is CN=C(NCCC(=O)N1CCN(c2ccccc2)CC1)NCCc1ccccc1OC.I. The third-order valence-electron chi connectivity index (χ3n) is 5.49. The summed E-state index contributed by atoms with van der Waals surface area (Å²) in [7, 11) is 3.42. The van der Waals surface area contributed by atoms with Crippen molar-refractivity contribution in [2.45, 2.75) is 12.8 Å². The highest BCUT2D eigenvalue weighted by Gasteiger charge is 2.20. The molecule has 0 radical (unpaired) electrons. The fourth-order valence-electron chi connectivity index (χ4n) is 3.74. The molecule has 2 aromatic carbocycles. The van der Waals surface area contributed by atoms with Gasteiger partial charge in [-0.15, -0.1) is 24.0 Å². The number of nitrogens with zero attached hydrogens (tertiary/aromatic N) is 3. The summed E-state index contributed by atoms with van der Waals surface area (Å²) in [4.78, 5) is 21.1. The van der Waals surface area contributed by atoms with Crippen molar-refractivity contribution in [3.63, 3.8) is 0 Å². The Morgan fingerprint density at radius 3 is 2.31 bits per heavy atom. The molecule has 1 amide bonds. The Balaban J connectivity index is 0.00000363. The predicted octanol–water partition coefficient (Wildman–Crippen LogP) is 2.76. The van der Waals surface area contributed by atoms with Crippen LogP contribution in [0.5, 0.6) is 5.75 Å². The van der Waals surface area contributed by atoms with Gasteiger partial charge in [0.25, 0.3) is 0 Å². The fourth-order valence-corrected chi connectivity index (χ4v) is 3.74. The van der Waals surface area contributed by atoms with Gasteiger partial charge in [0.05, 0.1) is 7.11 Å². The molecule has 32 heavy (non-hydrogen) atoms. The molecule has 8 heteroatoms. The van der Waals surface area contributed by atoms with Crippen molar-refractivity contribution < 1.29 is 9.53 Å². The number of carbonyl (C=O) groups excluding carboxylic acids is 1. The molecule has 1 fully saturated rings. The number of guanidine groups is 1. The van der Waals surface area contributed by atoms with E-state index >= 15 is 0 Å². The highest BCUT2D eigenvalue weighted by atomic mass is 127. The zero-order valence-corrected chi connectivity index (χ0v) is 21.2. The number of benzene rings is 2. The van der Waals surface area contributed by atoms with Gasteiger partial charge in [0.2, 0.25) is 5.91 Å². The second-order valence-electron chi connectivity index (χ2n) is 7.44. The summed E-state index contributed by atoms with van der Waals surface area (Å²) in [6.07, 6.45) is 1.29. The molecule has 2 aromatic rings. The smallest absolute Gasteiger partial charge is 0.224 e. The molecule has 0 atom stereocenters. The molecule has 0 bridgehead atoms. The second kappa shape index (κ2) is 13.8. The van der Waals surface area contributed by atoms with Gasteiger partial charge in [-0.1, -0.05) is 36.4 Å². The van der Waals surface area contributed by atoms with Gasteiger partial charge in [-0.05, 0) is 30.2 Å². The molecule has 0 spiro atoms. The highest BCUT2D eigenvalue weighted by Crippen LogP contribution is 2.17. The van der Waals surface area contributed by atoms with E-state index in [1.807, 2.05) is 29.2 Å². The standard InChI is InChI=1S/C24H33N5O2.HI/c1-25-24(26-14-12-20-8-6-7-11-22(20)31-2)27-15-13-23(30)29-18-16-28(17-19-29)21-9-4-3-5-10-21;/h3-11H,12-19H2,1-2H3,(H2,25,26,27);1H. The first-order valence-electron chi connectivity index (χ1n) is 10.9. The van der Waals surface area contributed by atoms with E-state index in [9.17, 15) is 4.79 Å². The Morgan fingerprint density at radius 2 is 1.62 bits per heavy atom. The first-order valence-corrected chi connectivity index (χ1v) is 10.9. The number of piperazine rings is 1. The van der Waals surface area contributed by atoms with Crippen LogP contribution < -0.4 is 20.3 Å². The topological polar surface area (TPSA) is 69.2 Å². The van der Waals surface area contributed by atoms with Crippen LogP contribution in [0, 0.1) is 0 Å². The van der Waals surface area contributed by atoms with Crippen LogP contribution in [0.2, 0.25) is 0 Å². The minimum atomic E-state index is 0. The van der Waals surface area contributed by atoms with Gasteiger partial charge in [0, 0.05) is 58.4 Å². The lowest BCUT2D eigenvalue weighted by Gasteiger charge is -2.36. The molecule has 0 aliphatic carbocycles. The minimum absolute atomic E-state index is 0. The van der Waals surface area contributed by atoms with E-state index < -0.39 is 0 Å². The summed E-state index contributed by atoms with van der Waals surface area (Å²) >= 11 is 0. The second-order valence-corrected chi connectivity index (χ2v) is 7.44. The highest BCUT2D eigenvalue weighted by molar-refractivity contribution is 14.0. The number of nitrogens with one attached hydrogen (secondary N) is 2. The van der Waals surface area contributed by atoms with Gasteiger partial charge in [0.15, 0.2) is 5.96 Å². The van der Waals surface area contributed by atoms with Gasteiger partial charge < -0.3 is 25.2 Å². The van der Waals surface area contributed by atoms with Crippen molar-refractivity contribution in [3.8, 4) is 5.75 Å². The number of hydrogen-bond acceptors (Lipinski definition) is 4. The molecule has 1 aliphatic rings. The molecule has 0 unspecified atom stereocenters. The molecular formula is C24H34IN5O2. The lowest BCUT2D eigenvalue weighted by atomic mass is 10.1. The van der Waals surface area contributed by atoms with Crippen LogP contribution in [0.3, 0.4) is 0 Å². The molecule has 1 saturated heterocycles. The van der Waals surface area contributed by atoms with Crippen molar-refractivity contribution in [1.29, 1.82) is 0 Å². The first-order chi connectivity index (χ1) is 15.2. The van der Waals surface area contributed by atoms with E-state index in [4.69, 9.17) is 4.74 Å². The van der Waals surface area contributed by atoms with Gasteiger partial charge in [-0.3, -0.25) is 9.79 Å². The van der Waals surface area contributed by atoms with Gasteiger partial charge >= 0.3 is 0 Å². The summed E-state index contributed by atoms with van der Waals surface area (Å²) in [5, 5.41) is 6.54. The first kappa shape index (κ1) is 25.8. The van der Waals surface area contributed by atoms with Crippen LogP contribution >= 0.6 is 24.0 Å². The molecule has 7 nitrogen and oxygen atoms in total. The Hall–Kier alpha value is -2.49. The van der Waals surface area contributed by atoms with Crippen molar-refractivity contribution in [1.82, 2.24) is 15.5 Å². The molecule has 2 N–H and O–H groups in total. The molecule has 0 saturated carbocycles. The van der Waals surface area contributed by atoms with Crippen molar-refractivity contribution in [2.75, 3.05) is 58.3 Å². The number of methoxy groups -OCH3 is 1. The number of para-hydroxylation sites is 2. The van der Waals surface area contributed by atoms with E-state index in [1.54, 1.807) is 14.2 Å². The largest absolute Gasteiger partial charge is 0.496 e. The predicted molar refractivity (Wildman–Crippen MR) is 141 cm³/mol. The summed E-state index contributed by atoms with van der Waals surface area (Å²) in [6, 6.07) is 18.4. The number of halogens is 1. The average Bonchev–Trinajstić information content (AvgIpc) is 2.84. The summed E-state index contributed by atoms with van der Waals surface area (Å²) in [5.74, 6) is 1.78. The van der Waals surface area contributed by atoms with Crippen LogP contribution in [0.25, 0.3) is 0 Å². The van der Waals surface area contributed by atoms with Crippen LogP contribution in [0.4, 0.5) is 5.69 Å². The van der Waals surface area contributed by atoms with Crippen molar-refractivity contribution >= 4 is 41.5 Å². The van der Waals surface area contributed by atoms with Crippen LogP contribution in [-0.2, 0) is 11.2 Å². The number of ether oxygens (including phenoxy) is 1. The van der Waals surface area contributed by atoms with E-state index in [2.05, 4.69) is 50.9 Å². The fraction of sp³-hybridized carbons (Fsp3) is 0.417. The Bertz CT molecular complexity index is 854. The number of anilines is 1. The van der Waals surface area contributed by atoms with Crippen molar-refractivity contribution in [3.05, 3.63) is 60.2 Å². The number of rotatable bonds is 8. The number of hydrogen-bond donors (Lipinski definition) is 2. The number of aliphatic imine (C=N–C) groups is 1. The third-order valence-corrected chi connectivity index (χ3v) is 5.49. The quantitative estimate of drug-likeness (QED) is 0.300. The maximum absolute atomic E-state index is 12.6. The summed E-state index contributed by atoms with van der Waals surface area (Å²) in [6.45, 7) is 4.56. The summed E-state index contributed by atoms with van der Waals surface area (Å²) in [5.41, 5.74) is 2.37. The van der Waals surface area contributed by atoms with Gasteiger partial charge in [-0.2, -0.15) is 0 Å². The normalized spacial score (nSPS) is 13.9. The molecule has 0 aromatic heterocycles. The van der Waals surface area contributed by atoms with Crippen LogP contribution in [-0.4, -0.2) is 70.2 Å².